The van der Waals surface area contributed by atoms with Crippen LogP contribution >= 0.6 is 0 Å². The van der Waals surface area contributed by atoms with Crippen LogP contribution in [0.4, 0.5) is 5.69 Å². The van der Waals surface area contributed by atoms with E-state index in [0.717, 1.165) is 22.2 Å². The van der Waals surface area contributed by atoms with Crippen LogP contribution in [0.5, 0.6) is 5.75 Å². The Kier molecular flexibility index (Phi) is 3.67. The Hall–Kier alpha value is -2.23. The van der Waals surface area contributed by atoms with Crippen molar-refractivity contribution in [2.75, 3.05) is 26.1 Å². The van der Waals surface area contributed by atoms with Crippen molar-refractivity contribution in [1.29, 1.82) is 0 Å². The zero-order valence-electron chi connectivity index (χ0n) is 10.4. The summed E-state index contributed by atoms with van der Waals surface area (Å²) in [5, 5.41) is 5.19. The van der Waals surface area contributed by atoms with Gasteiger partial charge in [0.15, 0.2) is 0 Å². The number of esters is 1. The molecule has 94 valence electrons. The van der Waals surface area contributed by atoms with Crippen molar-refractivity contribution in [2.24, 2.45) is 0 Å². The Balaban J connectivity index is 2.20. The summed E-state index contributed by atoms with van der Waals surface area (Å²) in [5.74, 6) is 0.544. The minimum atomic E-state index is -0.287. The van der Waals surface area contributed by atoms with Gasteiger partial charge < -0.3 is 14.8 Å². The number of carbonyl (C=O) groups excluding carboxylic acids is 1. The van der Waals surface area contributed by atoms with E-state index in [9.17, 15) is 4.79 Å². The van der Waals surface area contributed by atoms with Gasteiger partial charge in [-0.05, 0) is 35.0 Å². The van der Waals surface area contributed by atoms with Crippen molar-refractivity contribution in [3.8, 4) is 5.75 Å². The van der Waals surface area contributed by atoms with Crippen molar-refractivity contribution < 1.29 is 14.3 Å². The molecular formula is C14H15NO3. The highest BCUT2D eigenvalue weighted by atomic mass is 16.5. The van der Waals surface area contributed by atoms with Gasteiger partial charge in [0.05, 0.1) is 14.2 Å². The zero-order chi connectivity index (χ0) is 13.0. The Morgan fingerprint density at radius 1 is 1.11 bits per heavy atom. The number of ether oxygens (including phenoxy) is 2. The van der Waals surface area contributed by atoms with Crippen LogP contribution in [0.1, 0.15) is 0 Å². The molecule has 0 atom stereocenters. The molecule has 2 aromatic carbocycles. The number of fused-ring (bicyclic) bond motifs is 1. The molecule has 0 saturated heterocycles. The molecule has 2 rings (SSSR count). The number of hydrogen-bond acceptors (Lipinski definition) is 4. The molecule has 0 saturated carbocycles. The van der Waals surface area contributed by atoms with E-state index in [4.69, 9.17) is 4.74 Å². The Morgan fingerprint density at radius 3 is 2.56 bits per heavy atom. The van der Waals surface area contributed by atoms with Gasteiger partial charge in [0.2, 0.25) is 0 Å². The first kappa shape index (κ1) is 12.2. The van der Waals surface area contributed by atoms with Gasteiger partial charge in [0.1, 0.15) is 12.3 Å². The number of carbonyl (C=O) groups is 1. The maximum Gasteiger partial charge on any atom is 0.325 e. The Morgan fingerprint density at radius 2 is 1.83 bits per heavy atom. The largest absolute Gasteiger partial charge is 0.497 e. The number of methoxy groups -OCH3 is 2. The molecule has 0 unspecified atom stereocenters. The summed E-state index contributed by atoms with van der Waals surface area (Å²) in [6.45, 7) is 0.165. The molecule has 0 aliphatic carbocycles. The van der Waals surface area contributed by atoms with Crippen molar-refractivity contribution >= 4 is 22.4 Å². The van der Waals surface area contributed by atoms with Crippen LogP contribution < -0.4 is 10.1 Å². The molecule has 0 bridgehead atoms. The van der Waals surface area contributed by atoms with E-state index in [-0.39, 0.29) is 12.5 Å². The van der Waals surface area contributed by atoms with E-state index in [1.54, 1.807) is 7.11 Å². The van der Waals surface area contributed by atoms with Crippen LogP contribution in [0.3, 0.4) is 0 Å². The molecule has 0 heterocycles. The molecule has 0 aliphatic heterocycles. The van der Waals surface area contributed by atoms with E-state index >= 15 is 0 Å². The van der Waals surface area contributed by atoms with Gasteiger partial charge in [-0.1, -0.05) is 12.1 Å². The highest BCUT2D eigenvalue weighted by Crippen LogP contribution is 2.23. The normalized spacial score (nSPS) is 10.1. The standard InChI is InChI=1S/C14H15NO3/c1-17-13-6-4-10-7-12(5-3-11(10)8-13)15-9-14(16)18-2/h3-8,15H,9H2,1-2H3. The van der Waals surface area contributed by atoms with Crippen LogP contribution in [0.25, 0.3) is 10.8 Å². The molecule has 0 radical (unpaired) electrons. The van der Waals surface area contributed by atoms with E-state index in [1.807, 2.05) is 36.4 Å². The van der Waals surface area contributed by atoms with Gasteiger partial charge in [-0.15, -0.1) is 0 Å². The van der Waals surface area contributed by atoms with E-state index in [2.05, 4.69) is 10.1 Å². The molecule has 0 fully saturated rings. The lowest BCUT2D eigenvalue weighted by molar-refractivity contribution is -0.138. The molecule has 1 N–H and O–H groups in total. The third kappa shape index (κ3) is 2.71. The molecular weight excluding hydrogens is 230 g/mol. The number of benzene rings is 2. The van der Waals surface area contributed by atoms with E-state index in [1.165, 1.54) is 7.11 Å². The highest BCUT2D eigenvalue weighted by molar-refractivity contribution is 5.87. The lowest BCUT2D eigenvalue weighted by Crippen LogP contribution is -2.14. The quantitative estimate of drug-likeness (QED) is 0.840. The monoisotopic (exact) mass is 245 g/mol. The third-order valence-corrected chi connectivity index (χ3v) is 2.71. The molecule has 4 heteroatoms. The summed E-state index contributed by atoms with van der Waals surface area (Å²) in [7, 11) is 3.02. The Bertz CT molecular complexity index is 566. The maximum absolute atomic E-state index is 11.0. The van der Waals surface area contributed by atoms with Crippen LogP contribution in [0.2, 0.25) is 0 Å². The predicted octanol–water partition coefficient (Wildman–Crippen LogP) is 2.43. The van der Waals surface area contributed by atoms with Crippen LogP contribution in [-0.4, -0.2) is 26.7 Å². The summed E-state index contributed by atoms with van der Waals surface area (Å²) < 4.78 is 9.74. The molecule has 4 nitrogen and oxygen atoms in total. The molecule has 0 spiro atoms. The van der Waals surface area contributed by atoms with Gasteiger partial charge in [-0.3, -0.25) is 4.79 Å². The van der Waals surface area contributed by atoms with E-state index < -0.39 is 0 Å². The van der Waals surface area contributed by atoms with Gasteiger partial charge in [-0.25, -0.2) is 0 Å². The molecule has 0 amide bonds. The summed E-state index contributed by atoms with van der Waals surface area (Å²) in [6.07, 6.45) is 0. The van der Waals surface area contributed by atoms with Gasteiger partial charge in [0.25, 0.3) is 0 Å². The van der Waals surface area contributed by atoms with Crippen molar-refractivity contribution in [3.63, 3.8) is 0 Å². The highest BCUT2D eigenvalue weighted by Gasteiger charge is 2.01. The lowest BCUT2D eigenvalue weighted by atomic mass is 10.1. The topological polar surface area (TPSA) is 47.6 Å². The number of nitrogens with one attached hydrogen (secondary N) is 1. The number of rotatable bonds is 4. The second-order valence-electron chi connectivity index (χ2n) is 3.86. The van der Waals surface area contributed by atoms with Gasteiger partial charge in [-0.2, -0.15) is 0 Å². The van der Waals surface area contributed by atoms with Crippen LogP contribution in [0, 0.1) is 0 Å². The molecule has 2 aromatic rings. The third-order valence-electron chi connectivity index (χ3n) is 2.71. The first-order chi connectivity index (χ1) is 8.72. The minimum absolute atomic E-state index is 0.165. The van der Waals surface area contributed by atoms with E-state index in [0.29, 0.717) is 0 Å². The fourth-order valence-corrected chi connectivity index (χ4v) is 1.71. The molecule has 18 heavy (non-hydrogen) atoms. The molecule has 0 aromatic heterocycles. The van der Waals surface area contributed by atoms with Crippen molar-refractivity contribution in [2.45, 2.75) is 0 Å². The smallest absolute Gasteiger partial charge is 0.325 e. The van der Waals surface area contributed by atoms with Crippen LogP contribution in [-0.2, 0) is 9.53 Å². The van der Waals surface area contributed by atoms with Gasteiger partial charge >= 0.3 is 5.97 Å². The van der Waals surface area contributed by atoms with Crippen molar-refractivity contribution in [1.82, 2.24) is 0 Å². The number of hydrogen-bond donors (Lipinski definition) is 1. The van der Waals surface area contributed by atoms with Crippen LogP contribution in [0.15, 0.2) is 36.4 Å². The summed E-state index contributed by atoms with van der Waals surface area (Å²) in [4.78, 5) is 11.0. The average molecular weight is 245 g/mol. The van der Waals surface area contributed by atoms with Gasteiger partial charge in [0, 0.05) is 5.69 Å². The second-order valence-corrected chi connectivity index (χ2v) is 3.86. The Labute approximate surface area is 106 Å². The van der Waals surface area contributed by atoms with Crippen molar-refractivity contribution in [3.05, 3.63) is 36.4 Å². The summed E-state index contributed by atoms with van der Waals surface area (Å²) in [6, 6.07) is 11.8. The first-order valence-electron chi connectivity index (χ1n) is 5.61. The SMILES string of the molecule is COC(=O)CNc1ccc2cc(OC)ccc2c1. The fraction of sp³-hybridized carbons (Fsp3) is 0.214. The molecule has 0 aliphatic rings. The zero-order valence-corrected chi connectivity index (χ0v) is 10.4. The first-order valence-corrected chi connectivity index (χ1v) is 5.61. The summed E-state index contributed by atoms with van der Waals surface area (Å²) >= 11 is 0. The minimum Gasteiger partial charge on any atom is -0.497 e. The predicted molar refractivity (Wildman–Crippen MR) is 71.0 cm³/mol. The summed E-state index contributed by atoms with van der Waals surface area (Å²) in [5.41, 5.74) is 0.887. The maximum atomic E-state index is 11.0. The second kappa shape index (κ2) is 5.40. The average Bonchev–Trinajstić information content (AvgIpc) is 2.43. The fourth-order valence-electron chi connectivity index (χ4n) is 1.71. The number of anilines is 1. The lowest BCUT2D eigenvalue weighted by Gasteiger charge is -2.07.